The quantitative estimate of drug-likeness (QED) is 0.851. The highest BCUT2D eigenvalue weighted by molar-refractivity contribution is 5.89. The third-order valence-corrected chi connectivity index (χ3v) is 4.09. The number of hydrogen-bond donors (Lipinski definition) is 1. The van der Waals surface area contributed by atoms with Gasteiger partial charge >= 0.3 is 0 Å². The molecular weight excluding hydrogens is 282 g/mol. The molecule has 6 heteroatoms. The summed E-state index contributed by atoms with van der Waals surface area (Å²) in [5.74, 6) is -0.226. The van der Waals surface area contributed by atoms with Gasteiger partial charge in [0.05, 0.1) is 6.61 Å². The van der Waals surface area contributed by atoms with Gasteiger partial charge in [0.15, 0.2) is 0 Å². The van der Waals surface area contributed by atoms with Crippen molar-refractivity contribution in [2.45, 2.75) is 25.0 Å². The molecule has 0 spiro atoms. The van der Waals surface area contributed by atoms with Crippen LogP contribution in [-0.4, -0.2) is 59.5 Å². The van der Waals surface area contributed by atoms with E-state index < -0.39 is 6.04 Å². The van der Waals surface area contributed by atoms with Gasteiger partial charge in [0.2, 0.25) is 11.8 Å². The molecule has 2 saturated heterocycles. The first-order chi connectivity index (χ1) is 10.5. The molecule has 2 fully saturated rings. The van der Waals surface area contributed by atoms with Gasteiger partial charge in [-0.15, -0.1) is 0 Å². The van der Waals surface area contributed by atoms with Gasteiger partial charge in [-0.2, -0.15) is 0 Å². The average Bonchev–Trinajstić information content (AvgIpc) is 2.47. The number of ether oxygens (including phenoxy) is 1. The minimum absolute atomic E-state index is 0.0330. The summed E-state index contributed by atoms with van der Waals surface area (Å²) < 4.78 is 5.28. The Labute approximate surface area is 129 Å². The zero-order chi connectivity index (χ0) is 15.7. The van der Waals surface area contributed by atoms with Gasteiger partial charge in [-0.3, -0.25) is 9.59 Å². The second-order valence-corrected chi connectivity index (χ2v) is 6.39. The summed E-state index contributed by atoms with van der Waals surface area (Å²) in [4.78, 5) is 28.1. The SMILES string of the molecule is CC1(N)CN(C(=O)[C@H]2COCC(=O)N2Cc2ccccc2)C1. The summed E-state index contributed by atoms with van der Waals surface area (Å²) in [6.07, 6.45) is 0. The van der Waals surface area contributed by atoms with Crippen molar-refractivity contribution in [3.63, 3.8) is 0 Å². The Kier molecular flexibility index (Phi) is 3.88. The molecule has 2 heterocycles. The van der Waals surface area contributed by atoms with Gasteiger partial charge < -0.3 is 20.3 Å². The highest BCUT2D eigenvalue weighted by Gasteiger charge is 2.43. The van der Waals surface area contributed by atoms with Crippen molar-refractivity contribution in [3.05, 3.63) is 35.9 Å². The maximum atomic E-state index is 12.6. The summed E-state index contributed by atoms with van der Waals surface area (Å²) in [5.41, 5.74) is 6.64. The molecule has 1 aromatic rings. The molecule has 2 amide bonds. The predicted octanol–water partition coefficient (Wildman–Crippen LogP) is -0.0264. The van der Waals surface area contributed by atoms with Crippen LogP contribution in [0.5, 0.6) is 0 Å². The molecule has 22 heavy (non-hydrogen) atoms. The second kappa shape index (κ2) is 5.70. The number of nitrogens with two attached hydrogens (primary N) is 1. The maximum Gasteiger partial charge on any atom is 0.249 e. The summed E-state index contributed by atoms with van der Waals surface area (Å²) in [7, 11) is 0. The van der Waals surface area contributed by atoms with E-state index in [1.807, 2.05) is 37.3 Å². The molecule has 3 rings (SSSR count). The van der Waals surface area contributed by atoms with Crippen LogP contribution in [-0.2, 0) is 20.9 Å². The average molecular weight is 303 g/mol. The zero-order valence-electron chi connectivity index (χ0n) is 12.7. The molecule has 1 atom stereocenters. The van der Waals surface area contributed by atoms with Crippen LogP contribution in [0.3, 0.4) is 0 Å². The van der Waals surface area contributed by atoms with Crippen LogP contribution in [0.2, 0.25) is 0 Å². The van der Waals surface area contributed by atoms with Crippen molar-refractivity contribution in [1.29, 1.82) is 0 Å². The summed E-state index contributed by atoms with van der Waals surface area (Å²) in [5, 5.41) is 0. The van der Waals surface area contributed by atoms with E-state index >= 15 is 0 Å². The molecule has 2 aliphatic heterocycles. The van der Waals surface area contributed by atoms with Crippen LogP contribution in [0.15, 0.2) is 30.3 Å². The highest BCUT2D eigenvalue weighted by Crippen LogP contribution is 2.22. The van der Waals surface area contributed by atoms with E-state index in [1.165, 1.54) is 0 Å². The first-order valence-corrected chi connectivity index (χ1v) is 7.45. The lowest BCUT2D eigenvalue weighted by atomic mass is 9.92. The van der Waals surface area contributed by atoms with Crippen LogP contribution in [0, 0.1) is 0 Å². The van der Waals surface area contributed by atoms with Gasteiger partial charge in [0.1, 0.15) is 12.6 Å². The summed E-state index contributed by atoms with van der Waals surface area (Å²) >= 11 is 0. The van der Waals surface area contributed by atoms with Crippen molar-refractivity contribution in [1.82, 2.24) is 9.80 Å². The highest BCUT2D eigenvalue weighted by atomic mass is 16.5. The van der Waals surface area contributed by atoms with Crippen LogP contribution in [0.1, 0.15) is 12.5 Å². The van der Waals surface area contributed by atoms with Crippen LogP contribution in [0.4, 0.5) is 0 Å². The molecule has 0 unspecified atom stereocenters. The van der Waals surface area contributed by atoms with Crippen molar-refractivity contribution >= 4 is 11.8 Å². The zero-order valence-corrected chi connectivity index (χ0v) is 12.7. The van der Waals surface area contributed by atoms with E-state index in [0.29, 0.717) is 19.6 Å². The lowest BCUT2D eigenvalue weighted by Gasteiger charge is -2.48. The third kappa shape index (κ3) is 2.98. The van der Waals surface area contributed by atoms with Crippen molar-refractivity contribution in [3.8, 4) is 0 Å². The summed E-state index contributed by atoms with van der Waals surface area (Å²) in [6.45, 7) is 3.67. The Bertz CT molecular complexity index is 565. The molecule has 0 bridgehead atoms. The normalized spacial score (nSPS) is 24.1. The maximum absolute atomic E-state index is 12.6. The van der Waals surface area contributed by atoms with Gasteiger partial charge in [0, 0.05) is 25.2 Å². The number of rotatable bonds is 3. The largest absolute Gasteiger partial charge is 0.369 e. The van der Waals surface area contributed by atoms with Crippen molar-refractivity contribution in [2.75, 3.05) is 26.3 Å². The molecule has 118 valence electrons. The van der Waals surface area contributed by atoms with Crippen LogP contribution >= 0.6 is 0 Å². The number of hydrogen-bond acceptors (Lipinski definition) is 4. The fraction of sp³-hybridized carbons (Fsp3) is 0.500. The number of morpholine rings is 1. The number of amides is 2. The molecule has 2 aliphatic rings. The Hall–Kier alpha value is -1.92. The monoisotopic (exact) mass is 303 g/mol. The summed E-state index contributed by atoms with van der Waals surface area (Å²) in [6, 6.07) is 9.11. The van der Waals surface area contributed by atoms with E-state index in [1.54, 1.807) is 9.80 Å². The molecular formula is C16H21N3O3. The number of nitrogens with zero attached hydrogens (tertiary/aromatic N) is 2. The van der Waals surface area contributed by atoms with Crippen LogP contribution < -0.4 is 5.73 Å². The Morgan fingerprint density at radius 3 is 2.68 bits per heavy atom. The van der Waals surface area contributed by atoms with Gasteiger partial charge in [0.25, 0.3) is 0 Å². The van der Waals surface area contributed by atoms with Gasteiger partial charge in [-0.25, -0.2) is 0 Å². The molecule has 0 saturated carbocycles. The van der Waals surface area contributed by atoms with E-state index in [-0.39, 0.29) is 30.6 Å². The van der Waals surface area contributed by atoms with Crippen molar-refractivity contribution in [2.24, 2.45) is 5.73 Å². The molecule has 0 radical (unpaired) electrons. The van der Waals surface area contributed by atoms with E-state index in [2.05, 4.69) is 0 Å². The topological polar surface area (TPSA) is 75.9 Å². The predicted molar refractivity (Wildman–Crippen MR) is 80.8 cm³/mol. The molecule has 2 N–H and O–H groups in total. The number of likely N-dealkylation sites (tertiary alicyclic amines) is 1. The molecule has 0 aliphatic carbocycles. The molecule has 6 nitrogen and oxygen atoms in total. The molecule has 1 aromatic carbocycles. The third-order valence-electron chi connectivity index (χ3n) is 4.09. The lowest BCUT2D eigenvalue weighted by molar-refractivity contribution is -0.163. The second-order valence-electron chi connectivity index (χ2n) is 6.39. The number of benzene rings is 1. The minimum Gasteiger partial charge on any atom is -0.369 e. The smallest absolute Gasteiger partial charge is 0.249 e. The van der Waals surface area contributed by atoms with E-state index in [4.69, 9.17) is 10.5 Å². The Morgan fingerprint density at radius 2 is 2.05 bits per heavy atom. The fourth-order valence-electron chi connectivity index (χ4n) is 2.98. The van der Waals surface area contributed by atoms with Crippen molar-refractivity contribution < 1.29 is 14.3 Å². The van der Waals surface area contributed by atoms with E-state index in [0.717, 1.165) is 5.56 Å². The minimum atomic E-state index is -0.558. The number of carbonyl (C=O) groups is 2. The molecule has 0 aromatic heterocycles. The number of carbonyl (C=O) groups excluding carboxylic acids is 2. The lowest BCUT2D eigenvalue weighted by Crippen LogP contribution is -2.70. The fourth-order valence-corrected chi connectivity index (χ4v) is 2.98. The Morgan fingerprint density at radius 1 is 1.36 bits per heavy atom. The van der Waals surface area contributed by atoms with Crippen LogP contribution in [0.25, 0.3) is 0 Å². The van der Waals surface area contributed by atoms with E-state index in [9.17, 15) is 9.59 Å². The Balaban J connectivity index is 1.73. The first kappa shape index (κ1) is 15.0. The first-order valence-electron chi connectivity index (χ1n) is 7.45. The standard InChI is InChI=1S/C16H21N3O3/c1-16(17)10-18(11-16)15(21)13-8-22-9-14(20)19(13)7-12-5-3-2-4-6-12/h2-6,13H,7-11,17H2,1H3/t13-/m1/s1. The van der Waals surface area contributed by atoms with Gasteiger partial charge in [-0.05, 0) is 12.5 Å². The van der Waals surface area contributed by atoms with Gasteiger partial charge in [-0.1, -0.05) is 30.3 Å².